The van der Waals surface area contributed by atoms with Crippen LogP contribution in [0.1, 0.15) is 11.1 Å². The first-order valence-corrected chi connectivity index (χ1v) is 10.9. The SMILES string of the molecule is COc1cc(/C=N\NC(=O)COc2ccccc2)cc(Br)c1OCc1ccc(Br)cc1. The van der Waals surface area contributed by atoms with Gasteiger partial charge in [0, 0.05) is 4.47 Å². The highest BCUT2D eigenvalue weighted by Crippen LogP contribution is 2.36. The highest BCUT2D eigenvalue weighted by molar-refractivity contribution is 9.10. The lowest BCUT2D eigenvalue weighted by Crippen LogP contribution is -2.24. The number of hydrazone groups is 1. The maximum absolute atomic E-state index is 11.9. The normalized spacial score (nSPS) is 10.7. The molecule has 0 radical (unpaired) electrons. The highest BCUT2D eigenvalue weighted by Gasteiger charge is 2.12. The van der Waals surface area contributed by atoms with Gasteiger partial charge in [-0.15, -0.1) is 0 Å². The Hall–Kier alpha value is -2.84. The summed E-state index contributed by atoms with van der Waals surface area (Å²) >= 11 is 6.93. The summed E-state index contributed by atoms with van der Waals surface area (Å²) in [6, 6.07) is 20.6. The molecule has 0 bridgehead atoms. The lowest BCUT2D eigenvalue weighted by molar-refractivity contribution is -0.123. The molecule has 0 aliphatic carbocycles. The van der Waals surface area contributed by atoms with Crippen LogP contribution in [0.2, 0.25) is 0 Å². The molecule has 6 nitrogen and oxygen atoms in total. The Morgan fingerprint density at radius 2 is 1.77 bits per heavy atom. The summed E-state index contributed by atoms with van der Waals surface area (Å²) in [5.74, 6) is 1.39. The molecule has 0 saturated heterocycles. The number of ether oxygens (including phenoxy) is 3. The Morgan fingerprint density at radius 3 is 2.48 bits per heavy atom. The smallest absolute Gasteiger partial charge is 0.277 e. The van der Waals surface area contributed by atoms with Crippen molar-refractivity contribution in [2.24, 2.45) is 5.10 Å². The van der Waals surface area contributed by atoms with Crippen molar-refractivity contribution in [2.75, 3.05) is 13.7 Å². The summed E-state index contributed by atoms with van der Waals surface area (Å²) in [7, 11) is 1.57. The van der Waals surface area contributed by atoms with Crippen LogP contribution in [0.4, 0.5) is 0 Å². The number of carbonyl (C=O) groups excluding carboxylic acids is 1. The van der Waals surface area contributed by atoms with Gasteiger partial charge in [-0.25, -0.2) is 5.43 Å². The van der Waals surface area contributed by atoms with Crippen molar-refractivity contribution in [1.29, 1.82) is 0 Å². The predicted molar refractivity (Wildman–Crippen MR) is 127 cm³/mol. The van der Waals surface area contributed by atoms with Crippen LogP contribution in [-0.2, 0) is 11.4 Å². The van der Waals surface area contributed by atoms with Crippen molar-refractivity contribution < 1.29 is 19.0 Å². The summed E-state index contributed by atoms with van der Waals surface area (Å²) in [5, 5.41) is 3.98. The molecule has 0 aliphatic heterocycles. The number of halogens is 2. The summed E-state index contributed by atoms with van der Waals surface area (Å²) in [4.78, 5) is 11.9. The maximum Gasteiger partial charge on any atom is 0.277 e. The van der Waals surface area contributed by atoms with Crippen molar-refractivity contribution in [2.45, 2.75) is 6.61 Å². The third-order valence-electron chi connectivity index (χ3n) is 4.06. The zero-order valence-electron chi connectivity index (χ0n) is 16.7. The summed E-state index contributed by atoms with van der Waals surface area (Å²) in [5.41, 5.74) is 4.20. The molecule has 0 unspecified atom stereocenters. The molecule has 0 atom stereocenters. The number of hydrogen-bond donors (Lipinski definition) is 1. The average molecular weight is 548 g/mol. The largest absolute Gasteiger partial charge is 0.493 e. The first kappa shape index (κ1) is 22.8. The van der Waals surface area contributed by atoms with Gasteiger partial charge in [0.15, 0.2) is 18.1 Å². The molecule has 1 amide bonds. The minimum Gasteiger partial charge on any atom is -0.493 e. The Labute approximate surface area is 197 Å². The molecule has 0 spiro atoms. The number of amides is 1. The summed E-state index contributed by atoms with van der Waals surface area (Å²) in [6.07, 6.45) is 1.52. The van der Waals surface area contributed by atoms with E-state index in [4.69, 9.17) is 14.2 Å². The van der Waals surface area contributed by atoms with Gasteiger partial charge in [0.2, 0.25) is 0 Å². The van der Waals surface area contributed by atoms with Crippen LogP contribution in [0.5, 0.6) is 17.2 Å². The van der Waals surface area contributed by atoms with Crippen LogP contribution in [0.3, 0.4) is 0 Å². The third-order valence-corrected chi connectivity index (χ3v) is 5.18. The van der Waals surface area contributed by atoms with Crippen LogP contribution in [0, 0.1) is 0 Å². The van der Waals surface area contributed by atoms with Crippen molar-refractivity contribution >= 4 is 44.0 Å². The molecule has 8 heteroatoms. The van der Waals surface area contributed by atoms with Crippen LogP contribution in [0.15, 0.2) is 80.8 Å². The Balaban J connectivity index is 1.58. The van der Waals surface area contributed by atoms with Gasteiger partial charge >= 0.3 is 0 Å². The van der Waals surface area contributed by atoms with Crippen molar-refractivity contribution in [3.05, 3.63) is 86.8 Å². The lowest BCUT2D eigenvalue weighted by Gasteiger charge is -2.13. The van der Waals surface area contributed by atoms with Crippen molar-refractivity contribution in [3.8, 4) is 17.2 Å². The molecular formula is C23H20Br2N2O4. The van der Waals surface area contributed by atoms with E-state index in [-0.39, 0.29) is 12.5 Å². The standard InChI is InChI=1S/C23H20Br2N2O4/c1-29-21-12-17(13-26-27-22(28)15-30-19-5-3-2-4-6-19)11-20(25)23(21)31-14-16-7-9-18(24)10-8-16/h2-13H,14-15H2,1H3,(H,27,28)/b26-13-. The van der Waals surface area contributed by atoms with E-state index in [0.29, 0.717) is 28.3 Å². The van der Waals surface area contributed by atoms with Gasteiger partial charge in [0.1, 0.15) is 12.4 Å². The number of hydrogen-bond acceptors (Lipinski definition) is 5. The number of para-hydroxylation sites is 1. The van der Waals surface area contributed by atoms with Gasteiger partial charge in [0.05, 0.1) is 17.8 Å². The van der Waals surface area contributed by atoms with Crippen molar-refractivity contribution in [3.63, 3.8) is 0 Å². The molecule has 0 aromatic heterocycles. The van der Waals surface area contributed by atoms with E-state index < -0.39 is 0 Å². The molecule has 0 saturated carbocycles. The minimum atomic E-state index is -0.361. The number of rotatable bonds is 9. The number of nitrogens with zero attached hydrogens (tertiary/aromatic N) is 1. The monoisotopic (exact) mass is 546 g/mol. The van der Waals surface area contributed by atoms with Gasteiger partial charge in [-0.2, -0.15) is 5.10 Å². The van der Waals surface area contributed by atoms with Crippen LogP contribution < -0.4 is 19.6 Å². The molecular weight excluding hydrogens is 528 g/mol. The Kier molecular flexibility index (Phi) is 8.49. The van der Waals surface area contributed by atoms with Gasteiger partial charge in [-0.1, -0.05) is 46.3 Å². The molecule has 31 heavy (non-hydrogen) atoms. The van der Waals surface area contributed by atoms with Gasteiger partial charge in [-0.3, -0.25) is 4.79 Å². The number of benzene rings is 3. The first-order chi connectivity index (χ1) is 15.0. The average Bonchev–Trinajstić information content (AvgIpc) is 2.78. The second-order valence-corrected chi connectivity index (χ2v) is 8.11. The van der Waals surface area contributed by atoms with Crippen LogP contribution >= 0.6 is 31.9 Å². The minimum absolute atomic E-state index is 0.128. The fourth-order valence-electron chi connectivity index (χ4n) is 2.57. The summed E-state index contributed by atoms with van der Waals surface area (Å²) in [6.45, 7) is 0.268. The van der Waals surface area contributed by atoms with E-state index in [0.717, 1.165) is 15.6 Å². The molecule has 3 aromatic carbocycles. The van der Waals surface area contributed by atoms with E-state index in [1.54, 1.807) is 25.3 Å². The van der Waals surface area contributed by atoms with E-state index in [9.17, 15) is 4.79 Å². The molecule has 3 rings (SSSR count). The van der Waals surface area contributed by atoms with Gasteiger partial charge < -0.3 is 14.2 Å². The Morgan fingerprint density at radius 1 is 1.03 bits per heavy atom. The highest BCUT2D eigenvalue weighted by atomic mass is 79.9. The molecule has 0 fully saturated rings. The molecule has 0 heterocycles. The topological polar surface area (TPSA) is 69.2 Å². The quantitative estimate of drug-likeness (QED) is 0.290. The van der Waals surface area contributed by atoms with E-state index in [1.165, 1.54) is 6.21 Å². The fourth-order valence-corrected chi connectivity index (χ4v) is 3.41. The van der Waals surface area contributed by atoms with Crippen LogP contribution in [-0.4, -0.2) is 25.8 Å². The zero-order chi connectivity index (χ0) is 22.1. The van der Waals surface area contributed by atoms with Gasteiger partial charge in [-0.05, 0) is 63.5 Å². The summed E-state index contributed by atoms with van der Waals surface area (Å²) < 4.78 is 18.5. The molecule has 1 N–H and O–H groups in total. The van der Waals surface area contributed by atoms with Crippen molar-refractivity contribution in [1.82, 2.24) is 5.43 Å². The maximum atomic E-state index is 11.9. The molecule has 3 aromatic rings. The van der Waals surface area contributed by atoms with Gasteiger partial charge in [0.25, 0.3) is 5.91 Å². The molecule has 0 aliphatic rings. The second-order valence-electron chi connectivity index (χ2n) is 6.34. The number of nitrogens with one attached hydrogen (secondary N) is 1. The number of carbonyl (C=O) groups is 1. The second kappa shape index (κ2) is 11.5. The zero-order valence-corrected chi connectivity index (χ0v) is 19.9. The fraction of sp³-hybridized carbons (Fsp3) is 0.130. The van der Waals surface area contributed by atoms with Crippen LogP contribution in [0.25, 0.3) is 0 Å². The third kappa shape index (κ3) is 7.11. The Bertz CT molecular complexity index is 1040. The molecule has 160 valence electrons. The number of methoxy groups -OCH3 is 1. The van der Waals surface area contributed by atoms with E-state index in [1.807, 2.05) is 48.5 Å². The van der Waals surface area contributed by atoms with E-state index in [2.05, 4.69) is 42.4 Å². The van der Waals surface area contributed by atoms with E-state index >= 15 is 0 Å². The lowest BCUT2D eigenvalue weighted by atomic mass is 10.2. The predicted octanol–water partition coefficient (Wildman–Crippen LogP) is 5.33. The first-order valence-electron chi connectivity index (χ1n) is 9.29.